The fraction of sp³-hybridized carbons (Fsp3) is 0.344. The molecule has 8 heteroatoms. The first-order valence-electron chi connectivity index (χ1n) is 13.9. The number of rotatable bonds is 11. The molecule has 0 spiro atoms. The van der Waals surface area contributed by atoms with Crippen molar-refractivity contribution in [2.75, 3.05) is 36.8 Å². The number of carbonyl (C=O) groups excluding carboxylic acids is 1. The van der Waals surface area contributed by atoms with Gasteiger partial charge in [0.25, 0.3) is 0 Å². The third-order valence-corrected chi connectivity index (χ3v) is 7.79. The molecule has 210 valence electrons. The molecule has 0 amide bonds. The Morgan fingerprint density at radius 2 is 1.68 bits per heavy atom. The predicted molar refractivity (Wildman–Crippen MR) is 166 cm³/mol. The van der Waals surface area contributed by atoms with E-state index in [1.807, 2.05) is 18.2 Å². The molecule has 1 aliphatic heterocycles. The number of Topliss-reactive ketones (excluding diaryl/α,β-unsaturated/α-hetero) is 1. The maximum atomic E-state index is 13.4. The Hall–Kier alpha value is -3.62. The van der Waals surface area contributed by atoms with Crippen LogP contribution in [0, 0.1) is 0 Å². The number of nitrogens with zero attached hydrogens (tertiary/aromatic N) is 2. The molecule has 2 aromatic carbocycles. The van der Waals surface area contributed by atoms with Crippen LogP contribution >= 0.6 is 12.6 Å². The Bertz CT molecular complexity index is 1600. The second-order valence-electron chi connectivity index (χ2n) is 9.61. The zero-order valence-electron chi connectivity index (χ0n) is 23.7. The van der Waals surface area contributed by atoms with Crippen molar-refractivity contribution in [1.29, 1.82) is 0 Å². The average molecular weight is 561 g/mol. The van der Waals surface area contributed by atoms with Crippen LogP contribution < -0.4 is 20.6 Å². The van der Waals surface area contributed by atoms with Gasteiger partial charge in [0.1, 0.15) is 24.4 Å². The normalized spacial score (nSPS) is 11.2. The first kappa shape index (κ1) is 29.4. The zero-order valence-corrected chi connectivity index (χ0v) is 24.6. The number of carboxylic acid groups (broad SMARTS) is 1. The molecule has 1 heterocycles. The van der Waals surface area contributed by atoms with Gasteiger partial charge in [-0.05, 0) is 69.3 Å². The van der Waals surface area contributed by atoms with Gasteiger partial charge in [-0.3, -0.25) is 4.79 Å². The summed E-state index contributed by atoms with van der Waals surface area (Å²) < 4.78 is 8.92. The molecule has 0 fully saturated rings. The van der Waals surface area contributed by atoms with Crippen LogP contribution in [0.25, 0.3) is 33.4 Å². The summed E-state index contributed by atoms with van der Waals surface area (Å²) in [4.78, 5) is 27.4. The van der Waals surface area contributed by atoms with Gasteiger partial charge >= 0.3 is 5.97 Å². The topological polar surface area (TPSA) is 99.8 Å². The Kier molecular flexibility index (Phi) is 9.32. The third-order valence-electron chi connectivity index (χ3n) is 7.56. The molecule has 0 radical (unpaired) electrons. The van der Waals surface area contributed by atoms with Crippen LogP contribution in [-0.2, 0) is 6.54 Å². The molecule has 7 nitrogen and oxygen atoms in total. The van der Waals surface area contributed by atoms with Gasteiger partial charge in [-0.25, -0.2) is 9.37 Å². The van der Waals surface area contributed by atoms with Crippen LogP contribution in [0.4, 0.5) is 5.69 Å². The van der Waals surface area contributed by atoms with Gasteiger partial charge in [0.2, 0.25) is 5.36 Å². The zero-order chi connectivity index (χ0) is 29.0. The number of hydrogen-bond acceptors (Lipinski definition) is 6. The van der Waals surface area contributed by atoms with Crippen molar-refractivity contribution in [2.45, 2.75) is 40.7 Å². The van der Waals surface area contributed by atoms with E-state index in [-0.39, 0.29) is 24.3 Å². The third kappa shape index (κ3) is 5.38. The Morgan fingerprint density at radius 1 is 0.975 bits per heavy atom. The summed E-state index contributed by atoms with van der Waals surface area (Å²) in [6.07, 6.45) is 0.193. The largest absolute Gasteiger partial charge is 0.478 e. The number of benzene rings is 3. The molecule has 0 saturated carbocycles. The molecule has 3 N–H and O–H groups in total. The number of aromatic carboxylic acids is 1. The molecule has 0 bridgehead atoms. The minimum Gasteiger partial charge on any atom is -0.478 e. The van der Waals surface area contributed by atoms with Crippen molar-refractivity contribution in [1.82, 2.24) is 4.58 Å². The summed E-state index contributed by atoms with van der Waals surface area (Å²) in [7, 11) is 0. The molecule has 0 atom stereocenters. The van der Waals surface area contributed by atoms with E-state index < -0.39 is 5.97 Å². The van der Waals surface area contributed by atoms with E-state index >= 15 is 0 Å². The number of ketones is 1. The van der Waals surface area contributed by atoms with E-state index in [2.05, 4.69) is 61.9 Å². The quantitative estimate of drug-likeness (QED) is 0.0967. The number of anilines is 1. The molecule has 0 unspecified atom stereocenters. The number of nitrogens with two attached hydrogens (primary N) is 1. The van der Waals surface area contributed by atoms with Crippen LogP contribution in [-0.4, -0.2) is 48.8 Å². The van der Waals surface area contributed by atoms with E-state index in [9.17, 15) is 14.7 Å². The second kappa shape index (κ2) is 12.7. The highest BCUT2D eigenvalue weighted by molar-refractivity contribution is 7.80. The summed E-state index contributed by atoms with van der Waals surface area (Å²) in [6, 6.07) is 15.0. The SMILES string of the molecule is CCN(CC)c1ccc2c(-c3ccc(C(=O)O)cc3C(=O)CCS)c3ccc(=[N+](CC)CC)c(CN)c-3oc2c1. The van der Waals surface area contributed by atoms with Crippen LogP contribution in [0.3, 0.4) is 0 Å². The lowest BCUT2D eigenvalue weighted by atomic mass is 9.87. The van der Waals surface area contributed by atoms with E-state index in [1.54, 1.807) is 12.1 Å². The van der Waals surface area contributed by atoms with Crippen LogP contribution in [0.1, 0.15) is 60.4 Å². The van der Waals surface area contributed by atoms with E-state index in [1.165, 1.54) is 6.07 Å². The Balaban J connectivity index is 2.21. The number of thiol groups is 1. The van der Waals surface area contributed by atoms with Gasteiger partial charge in [-0.1, -0.05) is 6.07 Å². The molecular formula is C32H38N3O4S+. The molecule has 1 aliphatic carbocycles. The minimum atomic E-state index is -1.08. The van der Waals surface area contributed by atoms with Gasteiger partial charge in [-0.2, -0.15) is 12.6 Å². The van der Waals surface area contributed by atoms with Crippen molar-refractivity contribution in [3.8, 4) is 22.5 Å². The fourth-order valence-corrected chi connectivity index (χ4v) is 5.69. The molecule has 40 heavy (non-hydrogen) atoms. The summed E-state index contributed by atoms with van der Waals surface area (Å²) >= 11 is 4.26. The monoisotopic (exact) mass is 560 g/mol. The summed E-state index contributed by atoms with van der Waals surface area (Å²) in [5.41, 5.74) is 11.7. The van der Waals surface area contributed by atoms with Gasteiger partial charge in [0.15, 0.2) is 5.78 Å². The average Bonchev–Trinajstić information content (AvgIpc) is 2.96. The molecule has 0 aromatic heterocycles. The second-order valence-corrected chi connectivity index (χ2v) is 10.1. The van der Waals surface area contributed by atoms with Crippen molar-refractivity contribution >= 4 is 41.0 Å². The first-order valence-corrected chi connectivity index (χ1v) is 14.5. The van der Waals surface area contributed by atoms with Crippen molar-refractivity contribution in [2.24, 2.45) is 5.73 Å². The summed E-state index contributed by atoms with van der Waals surface area (Å²) in [6.45, 7) is 12.1. The van der Waals surface area contributed by atoms with Crippen molar-refractivity contribution < 1.29 is 19.1 Å². The lowest BCUT2D eigenvalue weighted by molar-refractivity contribution is 0.0697. The fourth-order valence-electron chi connectivity index (χ4n) is 5.48. The van der Waals surface area contributed by atoms with E-state index in [0.717, 1.165) is 59.3 Å². The van der Waals surface area contributed by atoms with Crippen LogP contribution in [0.2, 0.25) is 0 Å². The van der Waals surface area contributed by atoms with Gasteiger partial charge in [0, 0.05) is 66.0 Å². The highest BCUT2D eigenvalue weighted by Gasteiger charge is 2.26. The maximum absolute atomic E-state index is 13.4. The van der Waals surface area contributed by atoms with Crippen molar-refractivity contribution in [3.63, 3.8) is 0 Å². The number of carbonyl (C=O) groups is 2. The van der Waals surface area contributed by atoms with Crippen LogP contribution in [0.15, 0.2) is 52.9 Å². The maximum Gasteiger partial charge on any atom is 0.335 e. The standard InChI is InChI=1S/C32H37N3O4S/c1-5-34(6-2)21-10-12-23-29(18-21)39-31-24(13-14-27(26(31)19-33)35(7-3)8-4)30(23)22-11-9-20(32(37)38)17-25(22)28(36)15-16-40/h9-14,17-18H,5-8,15-16,19,33H2,1-4H3,(H-,37,38,40)/p+1. The smallest absolute Gasteiger partial charge is 0.335 e. The highest BCUT2D eigenvalue weighted by atomic mass is 32.1. The molecule has 0 saturated heterocycles. The lowest BCUT2D eigenvalue weighted by Crippen LogP contribution is -2.33. The van der Waals surface area contributed by atoms with Gasteiger partial charge < -0.3 is 20.2 Å². The lowest BCUT2D eigenvalue weighted by Gasteiger charge is -2.23. The summed E-state index contributed by atoms with van der Waals surface area (Å²) in [5, 5.41) is 11.5. The first-order chi connectivity index (χ1) is 19.3. The molecular weight excluding hydrogens is 522 g/mol. The van der Waals surface area contributed by atoms with Gasteiger partial charge in [0.05, 0.1) is 11.1 Å². The Morgan fingerprint density at radius 3 is 2.27 bits per heavy atom. The summed E-state index contributed by atoms with van der Waals surface area (Å²) in [5.74, 6) is -0.212. The molecule has 2 aromatic rings. The van der Waals surface area contributed by atoms with E-state index in [4.69, 9.17) is 10.2 Å². The Labute approximate surface area is 240 Å². The number of carboxylic acids is 1. The van der Waals surface area contributed by atoms with Gasteiger partial charge in [-0.15, -0.1) is 0 Å². The number of fused-ring (bicyclic) bond motifs is 2. The highest BCUT2D eigenvalue weighted by Crippen LogP contribution is 2.43. The molecule has 2 aliphatic rings. The predicted octanol–water partition coefficient (Wildman–Crippen LogP) is 5.52. The van der Waals surface area contributed by atoms with E-state index in [0.29, 0.717) is 28.2 Å². The van der Waals surface area contributed by atoms with Crippen LogP contribution in [0.5, 0.6) is 0 Å². The van der Waals surface area contributed by atoms with Crippen molar-refractivity contribution in [3.05, 3.63) is 70.6 Å². The molecule has 4 rings (SSSR count). The number of hydrogen-bond donors (Lipinski definition) is 3. The minimum absolute atomic E-state index is 0.0655.